The van der Waals surface area contributed by atoms with E-state index in [4.69, 9.17) is 16.7 Å². The maximum atomic E-state index is 10.3. The lowest BCUT2D eigenvalue weighted by atomic mass is 10.6. The van der Waals surface area contributed by atoms with E-state index in [0.717, 1.165) is 0 Å². The van der Waals surface area contributed by atoms with Crippen LogP contribution in [0.2, 0.25) is 4.34 Å². The van der Waals surface area contributed by atoms with Gasteiger partial charge < -0.3 is 9.67 Å². The van der Waals surface area contributed by atoms with Gasteiger partial charge in [-0.1, -0.05) is 22.9 Å². The van der Waals surface area contributed by atoms with Crippen molar-refractivity contribution in [1.29, 1.82) is 0 Å². The summed E-state index contributed by atoms with van der Waals surface area (Å²) in [6.07, 6.45) is 1.53. The van der Waals surface area contributed by atoms with Crippen molar-refractivity contribution in [2.75, 3.05) is 0 Å². The molecule has 7 heteroatoms. The quantitative estimate of drug-likeness (QED) is 0.886. The zero-order chi connectivity index (χ0) is 9.14. The number of nitrogens with zero attached hydrogens (tertiary/aromatic N) is 2. The molecule has 0 saturated heterocycles. The molecule has 0 amide bonds. The van der Waals surface area contributed by atoms with Gasteiger partial charge in [-0.05, 0) is 0 Å². The lowest BCUT2D eigenvalue weighted by Gasteiger charge is -1.94. The van der Waals surface area contributed by atoms with Crippen molar-refractivity contribution in [2.24, 2.45) is 4.02 Å². The molecule has 1 rings (SSSR count). The van der Waals surface area contributed by atoms with Crippen molar-refractivity contribution in [3.63, 3.8) is 0 Å². The molecular weight excluding hydrogens is 267 g/mol. The van der Waals surface area contributed by atoms with Gasteiger partial charge in [0.15, 0.2) is 4.80 Å². The van der Waals surface area contributed by atoms with E-state index < -0.39 is 5.97 Å². The summed E-state index contributed by atoms with van der Waals surface area (Å²) in [5.41, 5.74) is 0. The number of hydrogen-bond donors (Lipinski definition) is 1. The summed E-state index contributed by atoms with van der Waals surface area (Å²) in [6, 6.07) is 0. The maximum absolute atomic E-state index is 10.3. The highest BCUT2D eigenvalue weighted by Gasteiger charge is 2.03. The summed E-state index contributed by atoms with van der Waals surface area (Å²) in [6.45, 7) is -0.131. The number of thiazole rings is 1. The first kappa shape index (κ1) is 9.76. The molecule has 0 bridgehead atoms. The Kier molecular flexibility index (Phi) is 3.30. The summed E-state index contributed by atoms with van der Waals surface area (Å²) < 4.78 is 5.65. The van der Waals surface area contributed by atoms with Crippen molar-refractivity contribution in [2.45, 2.75) is 6.54 Å². The fraction of sp³-hybridized carbons (Fsp3) is 0.200. The number of aliphatic carboxylic acids is 1. The highest BCUT2D eigenvalue weighted by Crippen LogP contribution is 2.10. The fourth-order valence-electron chi connectivity index (χ4n) is 0.675. The Hall–Kier alpha value is -0.330. The summed E-state index contributed by atoms with van der Waals surface area (Å²) in [4.78, 5) is 10.9. The molecule has 0 radical (unpaired) electrons. The predicted molar refractivity (Wildman–Crippen MR) is 49.4 cm³/mol. The molecule has 0 fully saturated rings. The van der Waals surface area contributed by atoms with Crippen LogP contribution in [0.3, 0.4) is 0 Å². The Labute approximate surface area is 85.5 Å². The first-order valence-corrected chi connectivity index (χ1v) is 4.76. The number of halogens is 2. The van der Waals surface area contributed by atoms with Gasteiger partial charge in [-0.15, -0.1) is 0 Å². The van der Waals surface area contributed by atoms with Gasteiger partial charge in [0.25, 0.3) is 0 Å². The van der Waals surface area contributed by atoms with Crippen molar-refractivity contribution in [1.82, 2.24) is 4.57 Å². The Morgan fingerprint density at radius 1 is 1.92 bits per heavy atom. The van der Waals surface area contributed by atoms with E-state index in [-0.39, 0.29) is 6.54 Å². The van der Waals surface area contributed by atoms with Crippen molar-refractivity contribution >= 4 is 45.1 Å². The molecule has 0 aliphatic heterocycles. The summed E-state index contributed by atoms with van der Waals surface area (Å²) >= 11 is 9.73. The van der Waals surface area contributed by atoms with Gasteiger partial charge in [-0.2, -0.15) is 4.02 Å². The number of rotatable bonds is 2. The third kappa shape index (κ3) is 2.33. The molecule has 66 valence electrons. The van der Waals surface area contributed by atoms with Crippen LogP contribution in [0.25, 0.3) is 0 Å². The van der Waals surface area contributed by atoms with Crippen LogP contribution in [0.5, 0.6) is 0 Å². The molecule has 0 spiro atoms. The largest absolute Gasteiger partial charge is 0.480 e. The second-order valence-corrected chi connectivity index (χ2v) is 3.92. The Bertz CT molecular complexity index is 359. The van der Waals surface area contributed by atoms with Crippen LogP contribution in [0.4, 0.5) is 0 Å². The van der Waals surface area contributed by atoms with E-state index in [1.54, 1.807) is 0 Å². The second kappa shape index (κ2) is 4.06. The van der Waals surface area contributed by atoms with Gasteiger partial charge in [0, 0.05) is 6.20 Å². The molecular formula is C5H4BrClN2O2S. The average Bonchev–Trinajstić information content (AvgIpc) is 2.29. The van der Waals surface area contributed by atoms with Crippen LogP contribution in [-0.4, -0.2) is 15.6 Å². The number of carbonyl (C=O) groups is 1. The van der Waals surface area contributed by atoms with E-state index in [1.807, 2.05) is 0 Å². The molecule has 0 unspecified atom stereocenters. The minimum Gasteiger partial charge on any atom is -0.480 e. The lowest BCUT2D eigenvalue weighted by Crippen LogP contribution is -2.18. The molecule has 1 heterocycles. The first-order valence-electron chi connectivity index (χ1n) is 2.86. The molecule has 0 aliphatic carbocycles. The van der Waals surface area contributed by atoms with E-state index in [0.29, 0.717) is 9.14 Å². The summed E-state index contributed by atoms with van der Waals surface area (Å²) in [5.74, 6) is -0.924. The zero-order valence-corrected chi connectivity index (χ0v) is 8.86. The molecule has 0 atom stereocenters. The van der Waals surface area contributed by atoms with Crippen molar-refractivity contribution in [3.8, 4) is 0 Å². The zero-order valence-electron chi connectivity index (χ0n) is 5.70. The molecule has 12 heavy (non-hydrogen) atoms. The SMILES string of the molecule is O=C(O)Cn1cc(Cl)sc1=NBr. The van der Waals surface area contributed by atoms with Crippen LogP contribution >= 0.6 is 39.1 Å². The number of aromatic nitrogens is 1. The van der Waals surface area contributed by atoms with E-state index >= 15 is 0 Å². The van der Waals surface area contributed by atoms with Crippen LogP contribution in [0, 0.1) is 0 Å². The van der Waals surface area contributed by atoms with Gasteiger partial charge in [0.05, 0.1) is 16.1 Å². The second-order valence-electron chi connectivity index (χ2n) is 1.92. The first-order chi connectivity index (χ1) is 5.63. The average molecular weight is 272 g/mol. The number of carboxylic acids is 1. The monoisotopic (exact) mass is 270 g/mol. The van der Waals surface area contributed by atoms with Gasteiger partial charge >= 0.3 is 5.97 Å². The molecule has 1 aromatic rings. The Morgan fingerprint density at radius 3 is 3.08 bits per heavy atom. The molecule has 1 aromatic heterocycles. The third-order valence-corrected chi connectivity index (χ3v) is 2.78. The van der Waals surface area contributed by atoms with Crippen LogP contribution in [0.1, 0.15) is 0 Å². The lowest BCUT2D eigenvalue weighted by molar-refractivity contribution is -0.137. The topological polar surface area (TPSA) is 54.6 Å². The van der Waals surface area contributed by atoms with Crippen molar-refractivity contribution < 1.29 is 9.90 Å². The summed E-state index contributed by atoms with van der Waals surface area (Å²) in [7, 11) is 0. The predicted octanol–water partition coefficient (Wildman–Crippen LogP) is 1.50. The minimum absolute atomic E-state index is 0.131. The Balaban J connectivity index is 3.06. The van der Waals surface area contributed by atoms with Gasteiger partial charge in [0.1, 0.15) is 10.9 Å². The molecule has 1 N–H and O–H groups in total. The highest BCUT2D eigenvalue weighted by molar-refractivity contribution is 9.08. The van der Waals surface area contributed by atoms with Crippen LogP contribution in [-0.2, 0) is 11.3 Å². The Morgan fingerprint density at radius 2 is 2.58 bits per heavy atom. The standard InChI is InChI=1S/C5H4BrClN2O2S/c6-8-5-9(2-4(10)11)1-3(7)12-5/h1H,2H2,(H,10,11). The number of carboxylic acid groups (broad SMARTS) is 1. The van der Waals surface area contributed by atoms with Crippen LogP contribution in [0.15, 0.2) is 10.2 Å². The minimum atomic E-state index is -0.924. The molecule has 4 nitrogen and oxygen atoms in total. The normalized spacial score (nSPS) is 12.0. The summed E-state index contributed by atoms with van der Waals surface area (Å²) in [5, 5.41) is 8.48. The van der Waals surface area contributed by atoms with Gasteiger partial charge in [-0.3, -0.25) is 4.79 Å². The molecule has 0 saturated carbocycles. The van der Waals surface area contributed by atoms with Crippen molar-refractivity contribution in [3.05, 3.63) is 15.3 Å². The molecule has 0 aromatic carbocycles. The number of hydrogen-bond acceptors (Lipinski definition) is 3. The fourth-order valence-corrected chi connectivity index (χ4v) is 2.04. The smallest absolute Gasteiger partial charge is 0.323 e. The van der Waals surface area contributed by atoms with Gasteiger partial charge in [-0.25, -0.2) is 0 Å². The van der Waals surface area contributed by atoms with E-state index in [1.165, 1.54) is 22.1 Å². The highest BCUT2D eigenvalue weighted by atomic mass is 79.9. The van der Waals surface area contributed by atoms with Crippen LogP contribution < -0.4 is 4.80 Å². The van der Waals surface area contributed by atoms with E-state index in [9.17, 15) is 4.79 Å². The molecule has 0 aliphatic rings. The van der Waals surface area contributed by atoms with E-state index in [2.05, 4.69) is 20.2 Å². The maximum Gasteiger partial charge on any atom is 0.323 e. The third-order valence-electron chi connectivity index (χ3n) is 1.07. The van der Waals surface area contributed by atoms with Gasteiger partial charge in [0.2, 0.25) is 0 Å².